The molecular weight excluding hydrogens is 418 g/mol. The molecule has 1 N–H and O–H groups in total. The fourth-order valence-electron chi connectivity index (χ4n) is 3.26. The Morgan fingerprint density at radius 2 is 1.77 bits per heavy atom. The van der Waals surface area contributed by atoms with Crippen LogP contribution in [0, 0.1) is 5.41 Å². The van der Waals surface area contributed by atoms with E-state index >= 15 is 0 Å². The highest BCUT2D eigenvalue weighted by molar-refractivity contribution is 8.17. The summed E-state index contributed by atoms with van der Waals surface area (Å²) in [4.78, 5) is 18.5. The van der Waals surface area contributed by atoms with Crippen molar-refractivity contribution >= 4 is 52.0 Å². The van der Waals surface area contributed by atoms with Crippen LogP contribution in [0.3, 0.4) is 0 Å². The van der Waals surface area contributed by atoms with Gasteiger partial charge in [-0.2, -0.15) is 4.99 Å². The number of rotatable bonds is 3. The minimum atomic E-state index is -0.453. The number of furan rings is 1. The van der Waals surface area contributed by atoms with Gasteiger partial charge >= 0.3 is 0 Å². The first-order valence-electron chi connectivity index (χ1n) is 9.12. The second-order valence-corrected chi connectivity index (χ2v) is 7.91. The zero-order valence-electron chi connectivity index (χ0n) is 15.5. The van der Waals surface area contributed by atoms with Crippen LogP contribution in [0.15, 0.2) is 87.1 Å². The molecule has 146 valence electrons. The summed E-state index contributed by atoms with van der Waals surface area (Å²) in [5.74, 6) is 0.753. The first kappa shape index (κ1) is 18.7. The van der Waals surface area contributed by atoms with Gasteiger partial charge in [-0.25, -0.2) is 0 Å². The average molecular weight is 432 g/mol. The summed E-state index contributed by atoms with van der Waals surface area (Å²) in [6.45, 7) is 0. The lowest BCUT2D eigenvalue weighted by Crippen LogP contribution is -2.37. The monoisotopic (exact) mass is 431 g/mol. The van der Waals surface area contributed by atoms with Gasteiger partial charge in [-0.15, -0.1) is 0 Å². The first-order valence-corrected chi connectivity index (χ1v) is 10.4. The lowest BCUT2D eigenvalue weighted by molar-refractivity contribution is -0.114. The van der Waals surface area contributed by atoms with E-state index in [-0.39, 0.29) is 11.4 Å². The molecule has 0 fully saturated rings. The molecule has 5 rings (SSSR count). The van der Waals surface area contributed by atoms with Crippen molar-refractivity contribution in [1.29, 1.82) is 5.41 Å². The Bertz CT molecular complexity index is 1260. The summed E-state index contributed by atoms with van der Waals surface area (Å²) in [5, 5.41) is 11.7. The van der Waals surface area contributed by atoms with Gasteiger partial charge in [0.15, 0.2) is 5.17 Å². The molecule has 0 saturated carbocycles. The molecule has 0 unspecified atom stereocenters. The number of halogens is 1. The molecule has 5 nitrogen and oxygen atoms in total. The number of carbonyl (C=O) groups excluding carboxylic acids is 1. The number of nitrogens with zero attached hydrogens (tertiary/aromatic N) is 2. The molecule has 3 heterocycles. The summed E-state index contributed by atoms with van der Waals surface area (Å²) in [7, 11) is 0. The molecule has 30 heavy (non-hydrogen) atoms. The normalized spacial score (nSPS) is 17.2. The van der Waals surface area contributed by atoms with E-state index in [9.17, 15) is 4.79 Å². The molecule has 2 aromatic carbocycles. The number of hydrogen-bond donors (Lipinski definition) is 1. The highest BCUT2D eigenvalue weighted by Gasteiger charge is 2.36. The van der Waals surface area contributed by atoms with Crippen molar-refractivity contribution in [2.75, 3.05) is 0 Å². The molecule has 0 atom stereocenters. The smallest absolute Gasteiger partial charge is 0.283 e. The van der Waals surface area contributed by atoms with Crippen LogP contribution >= 0.6 is 23.4 Å². The molecule has 0 bridgehead atoms. The Morgan fingerprint density at radius 3 is 2.53 bits per heavy atom. The van der Waals surface area contributed by atoms with Crippen LogP contribution in [0.5, 0.6) is 0 Å². The molecule has 3 aromatic rings. The van der Waals surface area contributed by atoms with E-state index in [4.69, 9.17) is 21.4 Å². The highest BCUT2D eigenvalue weighted by atomic mass is 35.5. The molecule has 0 saturated heterocycles. The minimum Gasteiger partial charge on any atom is -0.457 e. The van der Waals surface area contributed by atoms with Crippen molar-refractivity contribution in [2.45, 2.75) is 0 Å². The van der Waals surface area contributed by atoms with E-state index in [2.05, 4.69) is 4.99 Å². The predicted octanol–water partition coefficient (Wildman–Crippen LogP) is 5.90. The van der Waals surface area contributed by atoms with Crippen molar-refractivity contribution in [3.63, 3.8) is 0 Å². The van der Waals surface area contributed by atoms with Gasteiger partial charge < -0.3 is 4.42 Å². The van der Waals surface area contributed by atoms with Crippen molar-refractivity contribution in [2.24, 2.45) is 4.99 Å². The Kier molecular flexibility index (Phi) is 4.65. The molecular formula is C23H14ClN3O2S. The van der Waals surface area contributed by atoms with Gasteiger partial charge in [0, 0.05) is 16.0 Å². The van der Waals surface area contributed by atoms with E-state index in [1.165, 1.54) is 11.8 Å². The summed E-state index contributed by atoms with van der Waals surface area (Å²) in [6.07, 6.45) is 1.57. The molecule has 0 aliphatic carbocycles. The van der Waals surface area contributed by atoms with Gasteiger partial charge in [-0.1, -0.05) is 53.7 Å². The number of hydrogen-bond acceptors (Lipinski definition) is 4. The van der Waals surface area contributed by atoms with Crippen LogP contribution in [0.2, 0.25) is 5.02 Å². The molecule has 0 radical (unpaired) electrons. The molecule has 1 amide bonds. The number of thioether (sulfide) groups is 1. The molecule has 1 aromatic heterocycles. The summed E-state index contributed by atoms with van der Waals surface area (Å²) in [6, 6.07) is 20.6. The summed E-state index contributed by atoms with van der Waals surface area (Å²) >= 11 is 7.28. The van der Waals surface area contributed by atoms with Crippen molar-refractivity contribution in [1.82, 2.24) is 4.90 Å². The minimum absolute atomic E-state index is 0.0783. The number of aliphatic imine (C=N–C) groups is 1. The number of amides is 1. The average Bonchev–Trinajstić information content (AvgIpc) is 3.39. The van der Waals surface area contributed by atoms with E-state index in [0.29, 0.717) is 21.7 Å². The van der Waals surface area contributed by atoms with Crippen LogP contribution in [0.25, 0.3) is 23.1 Å². The fourth-order valence-corrected chi connectivity index (χ4v) is 4.27. The zero-order valence-corrected chi connectivity index (χ0v) is 17.1. The number of fused-ring (bicyclic) bond motifs is 1. The van der Waals surface area contributed by atoms with Crippen molar-refractivity contribution < 1.29 is 9.21 Å². The first-order chi connectivity index (χ1) is 14.6. The maximum Gasteiger partial charge on any atom is 0.283 e. The molecule has 7 heteroatoms. The molecule has 2 aliphatic heterocycles. The van der Waals surface area contributed by atoms with Crippen LogP contribution in [0.1, 0.15) is 11.3 Å². The number of amidine groups is 2. The van der Waals surface area contributed by atoms with E-state index in [0.717, 1.165) is 16.8 Å². The van der Waals surface area contributed by atoms with E-state index in [1.54, 1.807) is 29.2 Å². The van der Waals surface area contributed by atoms with Crippen LogP contribution < -0.4 is 0 Å². The third-order valence-electron chi connectivity index (χ3n) is 4.73. The van der Waals surface area contributed by atoms with Crippen LogP contribution in [-0.2, 0) is 4.79 Å². The predicted molar refractivity (Wildman–Crippen MR) is 121 cm³/mol. The van der Waals surface area contributed by atoms with Crippen LogP contribution in [-0.4, -0.2) is 21.8 Å². The SMILES string of the molecule is N=C1C(=Cc2ccc(-c3ccc(Cl)cc3)o2)C(=O)N=C2SC=C(c3ccccc3)N12. The standard InChI is InChI=1S/C23H14ClN3O2S/c24-16-8-6-15(7-9-16)20-11-10-17(29-20)12-18-21(25)27-19(14-4-2-1-3-5-14)13-30-23(27)26-22(18)28/h1-13,25H. The maximum absolute atomic E-state index is 12.6. The number of nitrogens with one attached hydrogen (secondary N) is 1. The Labute approximate surface area is 181 Å². The van der Waals surface area contributed by atoms with Crippen LogP contribution in [0.4, 0.5) is 0 Å². The molecule has 0 spiro atoms. The lowest BCUT2D eigenvalue weighted by Gasteiger charge is -2.26. The summed E-state index contributed by atoms with van der Waals surface area (Å²) < 4.78 is 5.88. The largest absolute Gasteiger partial charge is 0.457 e. The summed E-state index contributed by atoms with van der Waals surface area (Å²) in [5.41, 5.74) is 2.83. The van der Waals surface area contributed by atoms with Gasteiger partial charge in [0.05, 0.1) is 11.3 Å². The van der Waals surface area contributed by atoms with Crippen molar-refractivity contribution in [3.8, 4) is 11.3 Å². The van der Waals surface area contributed by atoms with Gasteiger partial charge in [0.25, 0.3) is 5.91 Å². The second-order valence-electron chi connectivity index (χ2n) is 6.64. The fraction of sp³-hybridized carbons (Fsp3) is 0. The Morgan fingerprint density at radius 1 is 1.00 bits per heavy atom. The third kappa shape index (κ3) is 3.30. The topological polar surface area (TPSA) is 69.7 Å². The Balaban J connectivity index is 1.48. The highest BCUT2D eigenvalue weighted by Crippen LogP contribution is 2.37. The van der Waals surface area contributed by atoms with E-state index < -0.39 is 5.91 Å². The quantitative estimate of drug-likeness (QED) is 0.524. The third-order valence-corrected chi connectivity index (χ3v) is 5.80. The van der Waals surface area contributed by atoms with Gasteiger partial charge in [0.1, 0.15) is 17.4 Å². The second kappa shape index (κ2) is 7.48. The molecule has 2 aliphatic rings. The van der Waals surface area contributed by atoms with Gasteiger partial charge in [0.2, 0.25) is 0 Å². The van der Waals surface area contributed by atoms with Crippen molar-refractivity contribution in [3.05, 3.63) is 94.1 Å². The Hall–Kier alpha value is -3.35. The number of benzene rings is 2. The maximum atomic E-state index is 12.6. The van der Waals surface area contributed by atoms with Gasteiger partial charge in [-0.05, 0) is 48.0 Å². The zero-order chi connectivity index (χ0) is 20.7. The van der Waals surface area contributed by atoms with Gasteiger partial charge in [-0.3, -0.25) is 15.1 Å². The number of carbonyl (C=O) groups is 1. The van der Waals surface area contributed by atoms with E-state index in [1.807, 2.05) is 53.9 Å². The lowest BCUT2D eigenvalue weighted by atomic mass is 10.1.